The molecule has 0 unspecified atom stereocenters. The molecule has 1 aliphatic rings. The number of halogens is 2. The molecule has 1 aliphatic carbocycles. The molecule has 0 aromatic carbocycles. The van der Waals surface area contributed by atoms with Crippen molar-refractivity contribution >= 4 is 23.2 Å². The van der Waals surface area contributed by atoms with Crippen molar-refractivity contribution in [1.29, 1.82) is 0 Å². The Balaban J connectivity index is 2.63. The van der Waals surface area contributed by atoms with Crippen molar-refractivity contribution in [2.24, 2.45) is 16.7 Å². The summed E-state index contributed by atoms with van der Waals surface area (Å²) in [7, 11) is 0. The summed E-state index contributed by atoms with van der Waals surface area (Å²) >= 11 is 12.5. The number of rotatable bonds is 5. The van der Waals surface area contributed by atoms with Crippen LogP contribution in [0.3, 0.4) is 0 Å². The fraction of sp³-hybridized carbons (Fsp3) is 1.00. The molecule has 0 aliphatic heterocycles. The van der Waals surface area contributed by atoms with Gasteiger partial charge in [-0.05, 0) is 37.0 Å². The van der Waals surface area contributed by atoms with Gasteiger partial charge in [-0.1, -0.05) is 33.6 Å². The first-order valence-corrected chi connectivity index (χ1v) is 7.62. The first-order valence-electron chi connectivity index (χ1n) is 6.55. The van der Waals surface area contributed by atoms with Crippen LogP contribution in [0.2, 0.25) is 0 Å². The van der Waals surface area contributed by atoms with E-state index in [0.29, 0.717) is 5.41 Å². The third-order valence-corrected chi connectivity index (χ3v) is 5.19. The zero-order valence-corrected chi connectivity index (χ0v) is 12.5. The SMILES string of the molecule is CC(C)(C)CCC(CCl)(CCl)C1CCCC1. The molecule has 0 heterocycles. The van der Waals surface area contributed by atoms with Crippen LogP contribution in [-0.4, -0.2) is 11.8 Å². The largest absolute Gasteiger partial charge is 0.126 e. The van der Waals surface area contributed by atoms with Gasteiger partial charge in [0, 0.05) is 17.2 Å². The topological polar surface area (TPSA) is 0 Å². The summed E-state index contributed by atoms with van der Waals surface area (Å²) in [6.07, 6.45) is 7.83. The van der Waals surface area contributed by atoms with Crippen LogP contribution in [0.1, 0.15) is 59.3 Å². The highest BCUT2D eigenvalue weighted by atomic mass is 35.5. The molecule has 0 N–H and O–H groups in total. The van der Waals surface area contributed by atoms with Crippen molar-refractivity contribution in [3.8, 4) is 0 Å². The van der Waals surface area contributed by atoms with E-state index in [2.05, 4.69) is 20.8 Å². The summed E-state index contributed by atoms with van der Waals surface area (Å²) in [5, 5.41) is 0. The molecular weight excluding hydrogens is 239 g/mol. The molecule has 0 radical (unpaired) electrons. The predicted molar refractivity (Wildman–Crippen MR) is 74.5 cm³/mol. The second kappa shape index (κ2) is 5.96. The van der Waals surface area contributed by atoms with E-state index in [1.807, 2.05) is 0 Å². The number of hydrogen-bond donors (Lipinski definition) is 0. The van der Waals surface area contributed by atoms with Crippen LogP contribution in [0, 0.1) is 16.7 Å². The van der Waals surface area contributed by atoms with Crippen LogP contribution in [-0.2, 0) is 0 Å². The Bertz CT molecular complexity index is 195. The normalized spacial score (nSPS) is 19.3. The minimum atomic E-state index is 0.201. The minimum absolute atomic E-state index is 0.201. The van der Waals surface area contributed by atoms with Crippen molar-refractivity contribution in [1.82, 2.24) is 0 Å². The van der Waals surface area contributed by atoms with Gasteiger partial charge < -0.3 is 0 Å². The minimum Gasteiger partial charge on any atom is -0.126 e. The van der Waals surface area contributed by atoms with Gasteiger partial charge in [-0.15, -0.1) is 23.2 Å². The Hall–Kier alpha value is 0.580. The molecule has 16 heavy (non-hydrogen) atoms. The molecule has 0 aromatic rings. The van der Waals surface area contributed by atoms with Crippen LogP contribution in [0.4, 0.5) is 0 Å². The standard InChI is InChI=1S/C14H26Cl2/c1-13(2,3)8-9-14(10-15,11-16)12-6-4-5-7-12/h12H,4-11H2,1-3H3. The van der Waals surface area contributed by atoms with Gasteiger partial charge in [-0.25, -0.2) is 0 Å². The molecule has 1 fully saturated rings. The van der Waals surface area contributed by atoms with Gasteiger partial charge in [0.25, 0.3) is 0 Å². The molecule has 0 amide bonds. The van der Waals surface area contributed by atoms with E-state index in [9.17, 15) is 0 Å². The zero-order chi connectivity index (χ0) is 12.2. The average molecular weight is 265 g/mol. The first-order chi connectivity index (χ1) is 7.43. The highest BCUT2D eigenvalue weighted by Gasteiger charge is 2.39. The Kier molecular flexibility index (Phi) is 5.45. The third kappa shape index (κ3) is 3.81. The quantitative estimate of drug-likeness (QED) is 0.578. The maximum absolute atomic E-state index is 6.25. The molecule has 0 saturated heterocycles. The molecular formula is C14H26Cl2. The van der Waals surface area contributed by atoms with E-state index in [1.165, 1.54) is 38.5 Å². The lowest BCUT2D eigenvalue weighted by Crippen LogP contribution is -2.34. The first kappa shape index (κ1) is 14.6. The van der Waals surface area contributed by atoms with E-state index >= 15 is 0 Å². The molecule has 1 saturated carbocycles. The fourth-order valence-corrected chi connectivity index (χ4v) is 3.74. The summed E-state index contributed by atoms with van der Waals surface area (Å²) < 4.78 is 0. The van der Waals surface area contributed by atoms with E-state index in [1.54, 1.807) is 0 Å². The van der Waals surface area contributed by atoms with Gasteiger partial charge in [0.1, 0.15) is 0 Å². The molecule has 0 atom stereocenters. The summed E-state index contributed by atoms with van der Waals surface area (Å²) in [4.78, 5) is 0. The van der Waals surface area contributed by atoms with Crippen LogP contribution in [0.5, 0.6) is 0 Å². The highest BCUT2D eigenvalue weighted by molar-refractivity contribution is 6.21. The Labute approximate surface area is 111 Å². The van der Waals surface area contributed by atoms with E-state index in [4.69, 9.17) is 23.2 Å². The second-order valence-electron chi connectivity index (χ2n) is 6.67. The van der Waals surface area contributed by atoms with Gasteiger partial charge in [0.2, 0.25) is 0 Å². The fourth-order valence-electron chi connectivity index (χ4n) is 2.75. The lowest BCUT2D eigenvalue weighted by Gasteiger charge is -2.38. The third-order valence-electron chi connectivity index (χ3n) is 4.13. The molecule has 2 heteroatoms. The van der Waals surface area contributed by atoms with Gasteiger partial charge in [-0.3, -0.25) is 0 Å². The monoisotopic (exact) mass is 264 g/mol. The van der Waals surface area contributed by atoms with Crippen molar-refractivity contribution in [3.05, 3.63) is 0 Å². The lowest BCUT2D eigenvalue weighted by molar-refractivity contribution is 0.175. The van der Waals surface area contributed by atoms with E-state index < -0.39 is 0 Å². The zero-order valence-electron chi connectivity index (χ0n) is 11.0. The van der Waals surface area contributed by atoms with Crippen molar-refractivity contribution in [2.45, 2.75) is 59.3 Å². The summed E-state index contributed by atoms with van der Waals surface area (Å²) in [5.41, 5.74) is 0.592. The summed E-state index contributed by atoms with van der Waals surface area (Å²) in [6, 6.07) is 0. The Morgan fingerprint density at radius 1 is 0.938 bits per heavy atom. The van der Waals surface area contributed by atoms with Gasteiger partial charge in [0.05, 0.1) is 0 Å². The highest BCUT2D eigenvalue weighted by Crippen LogP contribution is 2.46. The second-order valence-corrected chi connectivity index (χ2v) is 7.21. The molecule has 0 spiro atoms. The molecule has 0 aromatic heterocycles. The maximum atomic E-state index is 6.25. The van der Waals surface area contributed by atoms with E-state index in [0.717, 1.165) is 17.7 Å². The predicted octanol–water partition coefficient (Wildman–Crippen LogP) is 5.47. The lowest BCUT2D eigenvalue weighted by atomic mass is 9.71. The van der Waals surface area contributed by atoms with Crippen molar-refractivity contribution < 1.29 is 0 Å². The maximum Gasteiger partial charge on any atom is 0.0294 e. The van der Waals surface area contributed by atoms with Crippen LogP contribution >= 0.6 is 23.2 Å². The smallest absolute Gasteiger partial charge is 0.0294 e. The van der Waals surface area contributed by atoms with Crippen molar-refractivity contribution in [3.63, 3.8) is 0 Å². The Morgan fingerprint density at radius 3 is 1.81 bits per heavy atom. The van der Waals surface area contributed by atoms with Crippen LogP contribution < -0.4 is 0 Å². The summed E-state index contributed by atoms with van der Waals surface area (Å²) in [6.45, 7) is 6.90. The average Bonchev–Trinajstić information content (AvgIpc) is 2.72. The number of alkyl halides is 2. The van der Waals surface area contributed by atoms with Crippen LogP contribution in [0.15, 0.2) is 0 Å². The molecule has 0 nitrogen and oxygen atoms in total. The molecule has 0 bridgehead atoms. The van der Waals surface area contributed by atoms with Gasteiger partial charge >= 0.3 is 0 Å². The van der Waals surface area contributed by atoms with E-state index in [-0.39, 0.29) is 5.41 Å². The Morgan fingerprint density at radius 2 is 1.44 bits per heavy atom. The van der Waals surface area contributed by atoms with Crippen LogP contribution in [0.25, 0.3) is 0 Å². The van der Waals surface area contributed by atoms with Crippen molar-refractivity contribution in [2.75, 3.05) is 11.8 Å². The molecule has 1 rings (SSSR count). The van der Waals surface area contributed by atoms with Gasteiger partial charge in [0.15, 0.2) is 0 Å². The number of hydrogen-bond acceptors (Lipinski definition) is 0. The summed E-state index contributed by atoms with van der Waals surface area (Å²) in [5.74, 6) is 2.24. The molecule has 96 valence electrons. The van der Waals surface area contributed by atoms with Gasteiger partial charge in [-0.2, -0.15) is 0 Å².